The van der Waals surface area contributed by atoms with Crippen molar-refractivity contribution in [1.29, 1.82) is 0 Å². The van der Waals surface area contributed by atoms with Crippen LogP contribution in [0.2, 0.25) is 0 Å². The minimum Gasteiger partial charge on any atom is -0.378 e. The first-order chi connectivity index (χ1) is 15.4. The second-order valence-electron chi connectivity index (χ2n) is 8.48. The largest absolute Gasteiger partial charge is 0.378 e. The van der Waals surface area contributed by atoms with Gasteiger partial charge in [-0.3, -0.25) is 0 Å². The summed E-state index contributed by atoms with van der Waals surface area (Å²) in [6, 6.07) is 12.7. The van der Waals surface area contributed by atoms with Crippen LogP contribution in [0.3, 0.4) is 0 Å². The van der Waals surface area contributed by atoms with Gasteiger partial charge in [0.2, 0.25) is 0 Å². The lowest BCUT2D eigenvalue weighted by molar-refractivity contribution is 0.0147. The summed E-state index contributed by atoms with van der Waals surface area (Å²) in [4.78, 5) is 0. The molecule has 0 spiro atoms. The first-order valence-corrected chi connectivity index (χ1v) is 11.1. The van der Waals surface area contributed by atoms with E-state index in [1.54, 1.807) is 48.5 Å². The summed E-state index contributed by atoms with van der Waals surface area (Å²) < 4.78 is 64.2. The zero-order valence-electron chi connectivity index (χ0n) is 18.2. The van der Waals surface area contributed by atoms with Crippen molar-refractivity contribution in [2.24, 2.45) is 0 Å². The molecule has 4 rings (SSSR count). The highest BCUT2D eigenvalue weighted by molar-refractivity contribution is 5.71. The van der Waals surface area contributed by atoms with Crippen molar-refractivity contribution in [2.45, 2.75) is 51.6 Å². The predicted octanol–water partition coefficient (Wildman–Crippen LogP) is 7.81. The third-order valence-electron chi connectivity index (χ3n) is 6.24. The second kappa shape index (κ2) is 9.45. The van der Waals surface area contributed by atoms with Gasteiger partial charge in [0.05, 0.1) is 12.7 Å². The van der Waals surface area contributed by atoms with Gasteiger partial charge in [-0.1, -0.05) is 61.9 Å². The Morgan fingerprint density at radius 2 is 1.34 bits per heavy atom. The molecule has 0 bridgehead atoms. The SMILES string of the molecule is CCCc1ccc(-c2ccc(-c3ccc(C4CCC(C)OC4)c(F)c3F)cc2)c(F)c1F. The molecule has 2 atom stereocenters. The Labute approximate surface area is 186 Å². The lowest BCUT2D eigenvalue weighted by Gasteiger charge is -2.27. The molecule has 1 heterocycles. The maximum atomic E-state index is 14.9. The lowest BCUT2D eigenvalue weighted by atomic mass is 9.89. The van der Waals surface area contributed by atoms with Gasteiger partial charge >= 0.3 is 0 Å². The van der Waals surface area contributed by atoms with Gasteiger partial charge in [-0.15, -0.1) is 0 Å². The number of hydrogen-bond acceptors (Lipinski definition) is 1. The van der Waals surface area contributed by atoms with E-state index in [9.17, 15) is 17.6 Å². The minimum absolute atomic E-state index is 0.132. The van der Waals surface area contributed by atoms with Crippen molar-refractivity contribution in [1.82, 2.24) is 0 Å². The maximum absolute atomic E-state index is 14.9. The van der Waals surface area contributed by atoms with Crippen molar-refractivity contribution in [3.63, 3.8) is 0 Å². The van der Waals surface area contributed by atoms with Crippen molar-refractivity contribution in [3.05, 3.63) is 82.9 Å². The third-order valence-corrected chi connectivity index (χ3v) is 6.24. The van der Waals surface area contributed by atoms with Gasteiger partial charge in [0.1, 0.15) is 0 Å². The van der Waals surface area contributed by atoms with E-state index in [1.807, 2.05) is 13.8 Å². The van der Waals surface area contributed by atoms with E-state index in [-0.39, 0.29) is 23.1 Å². The van der Waals surface area contributed by atoms with Crippen LogP contribution in [0.15, 0.2) is 48.5 Å². The first kappa shape index (κ1) is 22.5. The van der Waals surface area contributed by atoms with E-state index in [0.717, 1.165) is 19.3 Å². The van der Waals surface area contributed by atoms with Gasteiger partial charge < -0.3 is 4.74 Å². The Morgan fingerprint density at radius 3 is 1.91 bits per heavy atom. The Kier molecular flexibility index (Phi) is 6.66. The summed E-state index contributed by atoms with van der Waals surface area (Å²) in [6.45, 7) is 4.26. The fraction of sp³-hybridized carbons (Fsp3) is 0.333. The molecular weight excluding hydrogens is 416 g/mol. The van der Waals surface area contributed by atoms with Crippen LogP contribution in [0.1, 0.15) is 50.2 Å². The van der Waals surface area contributed by atoms with Crippen LogP contribution in [-0.2, 0) is 11.2 Å². The number of hydrogen-bond donors (Lipinski definition) is 0. The molecule has 5 heteroatoms. The van der Waals surface area contributed by atoms with Crippen molar-refractivity contribution in [3.8, 4) is 22.3 Å². The summed E-state index contributed by atoms with van der Waals surface area (Å²) in [5.74, 6) is -3.65. The first-order valence-electron chi connectivity index (χ1n) is 11.1. The molecule has 0 aromatic heterocycles. The second-order valence-corrected chi connectivity index (χ2v) is 8.48. The quantitative estimate of drug-likeness (QED) is 0.366. The topological polar surface area (TPSA) is 9.23 Å². The van der Waals surface area contributed by atoms with Crippen LogP contribution >= 0.6 is 0 Å². The molecule has 0 radical (unpaired) electrons. The third kappa shape index (κ3) is 4.31. The average molecular weight is 442 g/mol. The van der Waals surface area contributed by atoms with Crippen molar-refractivity contribution < 1.29 is 22.3 Å². The molecular formula is C27H26F4O. The molecule has 1 fully saturated rings. The van der Waals surface area contributed by atoms with Gasteiger partial charge in [0.15, 0.2) is 23.3 Å². The van der Waals surface area contributed by atoms with E-state index in [1.165, 1.54) is 0 Å². The van der Waals surface area contributed by atoms with Crippen LogP contribution in [-0.4, -0.2) is 12.7 Å². The fourth-order valence-corrected chi connectivity index (χ4v) is 4.34. The number of halogens is 4. The van der Waals surface area contributed by atoms with Crippen molar-refractivity contribution >= 4 is 0 Å². The molecule has 0 saturated carbocycles. The minimum atomic E-state index is -0.907. The number of ether oxygens (including phenoxy) is 1. The Hall–Kier alpha value is -2.66. The van der Waals surface area contributed by atoms with E-state index in [4.69, 9.17) is 4.74 Å². The molecule has 0 N–H and O–H groups in total. The summed E-state index contributed by atoms with van der Waals surface area (Å²) in [7, 11) is 0. The van der Waals surface area contributed by atoms with Gasteiger partial charge in [0, 0.05) is 17.0 Å². The summed E-state index contributed by atoms with van der Waals surface area (Å²) in [5, 5.41) is 0. The van der Waals surface area contributed by atoms with Crippen LogP contribution < -0.4 is 0 Å². The van der Waals surface area contributed by atoms with Crippen LogP contribution in [0.5, 0.6) is 0 Å². The smallest absolute Gasteiger partial charge is 0.166 e. The molecule has 1 aliphatic rings. The molecule has 1 nitrogen and oxygen atoms in total. The van der Waals surface area contributed by atoms with Gasteiger partial charge in [-0.2, -0.15) is 0 Å². The standard InChI is InChI=1S/C27H26F4O/c1-3-4-19-11-12-21(25(29)24(19)28)17-7-9-18(10-8-17)22-13-14-23(27(31)26(22)30)20-6-5-16(2)32-15-20/h7-14,16,20H,3-6,15H2,1-2H3. The molecule has 32 heavy (non-hydrogen) atoms. The zero-order valence-corrected chi connectivity index (χ0v) is 18.2. The number of aryl methyl sites for hydroxylation is 1. The molecule has 1 aliphatic heterocycles. The van der Waals surface area contributed by atoms with Gasteiger partial charge in [-0.05, 0) is 48.4 Å². The Morgan fingerprint density at radius 1 is 0.750 bits per heavy atom. The highest BCUT2D eigenvalue weighted by Gasteiger charge is 2.25. The molecule has 0 amide bonds. The average Bonchev–Trinajstić information content (AvgIpc) is 2.80. The predicted molar refractivity (Wildman–Crippen MR) is 119 cm³/mol. The Bertz CT molecular complexity index is 1100. The van der Waals surface area contributed by atoms with Crippen LogP contribution in [0.4, 0.5) is 17.6 Å². The zero-order chi connectivity index (χ0) is 22.8. The van der Waals surface area contributed by atoms with E-state index < -0.39 is 23.3 Å². The van der Waals surface area contributed by atoms with Crippen LogP contribution in [0, 0.1) is 23.3 Å². The van der Waals surface area contributed by atoms with E-state index >= 15 is 0 Å². The highest BCUT2D eigenvalue weighted by atomic mass is 19.2. The van der Waals surface area contributed by atoms with Crippen molar-refractivity contribution in [2.75, 3.05) is 6.61 Å². The monoisotopic (exact) mass is 442 g/mol. The molecule has 3 aromatic rings. The molecule has 168 valence electrons. The number of benzene rings is 3. The van der Waals surface area contributed by atoms with Crippen LogP contribution in [0.25, 0.3) is 22.3 Å². The normalized spacial score (nSPS) is 18.7. The molecule has 1 saturated heterocycles. The Balaban J connectivity index is 1.61. The lowest BCUT2D eigenvalue weighted by Crippen LogP contribution is -2.23. The number of rotatable bonds is 5. The molecule has 0 aliphatic carbocycles. The summed E-state index contributed by atoms with van der Waals surface area (Å²) in [5.41, 5.74) is 1.89. The van der Waals surface area contributed by atoms with E-state index in [0.29, 0.717) is 35.3 Å². The maximum Gasteiger partial charge on any atom is 0.166 e. The van der Waals surface area contributed by atoms with E-state index in [2.05, 4.69) is 0 Å². The highest BCUT2D eigenvalue weighted by Crippen LogP contribution is 2.35. The fourth-order valence-electron chi connectivity index (χ4n) is 4.34. The molecule has 2 unspecified atom stereocenters. The van der Waals surface area contributed by atoms with Gasteiger partial charge in [0.25, 0.3) is 0 Å². The van der Waals surface area contributed by atoms with Gasteiger partial charge in [-0.25, -0.2) is 17.6 Å². The molecule has 3 aromatic carbocycles. The summed E-state index contributed by atoms with van der Waals surface area (Å²) in [6.07, 6.45) is 2.89. The summed E-state index contributed by atoms with van der Waals surface area (Å²) >= 11 is 0.